The Bertz CT molecular complexity index is 1080. The molecular formula is C26H27NO7. The van der Waals surface area contributed by atoms with E-state index in [2.05, 4.69) is 0 Å². The number of rotatable bonds is 8. The Hall–Kier alpha value is -3.94. The van der Waals surface area contributed by atoms with Gasteiger partial charge in [-0.25, -0.2) is 9.59 Å². The molecule has 0 bridgehead atoms. The Balaban J connectivity index is 1.77. The van der Waals surface area contributed by atoms with Gasteiger partial charge < -0.3 is 28.6 Å². The van der Waals surface area contributed by atoms with Crippen LogP contribution in [0.5, 0.6) is 17.2 Å². The number of nitrogens with zero attached hydrogens (tertiary/aromatic N) is 1. The van der Waals surface area contributed by atoms with E-state index in [-0.39, 0.29) is 20.0 Å². The molecule has 2 aromatic rings. The Labute approximate surface area is 198 Å². The highest BCUT2D eigenvalue weighted by Gasteiger charge is 2.36. The van der Waals surface area contributed by atoms with E-state index in [0.29, 0.717) is 34.9 Å². The lowest BCUT2D eigenvalue weighted by atomic mass is 9.83. The smallest absolute Gasteiger partial charge is 0.336 e. The van der Waals surface area contributed by atoms with Crippen LogP contribution in [0.3, 0.4) is 0 Å². The number of carbonyl (C=O) groups excluding carboxylic acids is 2. The number of fused-ring (bicyclic) bond motifs is 1. The van der Waals surface area contributed by atoms with Gasteiger partial charge >= 0.3 is 11.9 Å². The number of hydrogen-bond donors (Lipinski definition) is 0. The molecule has 0 unspecified atom stereocenters. The number of ether oxygens (including phenoxy) is 5. The zero-order valence-electron chi connectivity index (χ0n) is 19.4. The predicted octanol–water partition coefficient (Wildman–Crippen LogP) is 3.92. The number of carbonyl (C=O) groups is 2. The first kappa shape index (κ1) is 23.2. The minimum atomic E-state index is -0.652. The lowest BCUT2D eigenvalue weighted by Crippen LogP contribution is -2.29. The van der Waals surface area contributed by atoms with Gasteiger partial charge in [0.1, 0.15) is 5.75 Å². The van der Waals surface area contributed by atoms with Crippen molar-refractivity contribution in [1.82, 2.24) is 4.90 Å². The molecule has 0 fully saturated rings. The summed E-state index contributed by atoms with van der Waals surface area (Å²) in [4.78, 5) is 27.9. The quantitative estimate of drug-likeness (QED) is 0.543. The van der Waals surface area contributed by atoms with Crippen LogP contribution < -0.4 is 14.2 Å². The normalized spacial score (nSPS) is 14.9. The summed E-state index contributed by atoms with van der Waals surface area (Å²) in [5.41, 5.74) is 2.28. The maximum atomic E-state index is 13.1. The topological polar surface area (TPSA) is 83.5 Å². The monoisotopic (exact) mass is 465 g/mol. The molecular weight excluding hydrogens is 438 g/mol. The summed E-state index contributed by atoms with van der Waals surface area (Å²) in [6.07, 6.45) is 3.43. The second-order valence-electron chi connectivity index (χ2n) is 7.64. The molecule has 8 nitrogen and oxygen atoms in total. The van der Waals surface area contributed by atoms with E-state index in [4.69, 9.17) is 23.7 Å². The third kappa shape index (κ3) is 4.71. The maximum Gasteiger partial charge on any atom is 0.336 e. The average molecular weight is 466 g/mol. The number of esters is 2. The summed E-state index contributed by atoms with van der Waals surface area (Å²) in [5, 5.41) is 0. The SMILES string of the molecule is CCOC(=O)C1=CN(Cc2cccc3c2OCO3)C=C(C(=O)OCC)C1c1ccc(OC)cc1. The lowest BCUT2D eigenvalue weighted by molar-refractivity contribution is -0.139. The van der Waals surface area contributed by atoms with E-state index >= 15 is 0 Å². The third-order valence-corrected chi connectivity index (χ3v) is 5.53. The average Bonchev–Trinajstić information content (AvgIpc) is 3.34. The molecule has 4 rings (SSSR count). The van der Waals surface area contributed by atoms with Crippen molar-refractivity contribution >= 4 is 11.9 Å². The van der Waals surface area contributed by atoms with Crippen molar-refractivity contribution in [2.45, 2.75) is 26.3 Å². The van der Waals surface area contributed by atoms with Gasteiger partial charge in [0.25, 0.3) is 0 Å². The second-order valence-corrected chi connectivity index (χ2v) is 7.64. The molecule has 0 saturated heterocycles. The summed E-state index contributed by atoms with van der Waals surface area (Å²) in [5.74, 6) is 0.333. The van der Waals surface area contributed by atoms with Gasteiger partial charge in [0.2, 0.25) is 6.79 Å². The van der Waals surface area contributed by atoms with Crippen LogP contribution >= 0.6 is 0 Å². The van der Waals surface area contributed by atoms with Crippen LogP contribution in [0.15, 0.2) is 66.0 Å². The molecule has 34 heavy (non-hydrogen) atoms. The summed E-state index contributed by atoms with van der Waals surface area (Å²) in [6, 6.07) is 12.9. The highest BCUT2D eigenvalue weighted by Crippen LogP contribution is 2.40. The Kier molecular flexibility index (Phi) is 7.06. The second kappa shape index (κ2) is 10.3. The van der Waals surface area contributed by atoms with Crippen LogP contribution in [0, 0.1) is 0 Å². The van der Waals surface area contributed by atoms with Crippen LogP contribution in [0.2, 0.25) is 0 Å². The van der Waals surface area contributed by atoms with Crippen molar-refractivity contribution < 1.29 is 33.3 Å². The van der Waals surface area contributed by atoms with Gasteiger partial charge in [-0.15, -0.1) is 0 Å². The van der Waals surface area contributed by atoms with Crippen molar-refractivity contribution in [3.05, 3.63) is 77.1 Å². The van der Waals surface area contributed by atoms with E-state index < -0.39 is 17.9 Å². The summed E-state index contributed by atoms with van der Waals surface area (Å²) in [7, 11) is 1.58. The fourth-order valence-corrected chi connectivity index (χ4v) is 4.04. The predicted molar refractivity (Wildman–Crippen MR) is 123 cm³/mol. The lowest BCUT2D eigenvalue weighted by Gasteiger charge is -2.30. The standard InChI is InChI=1S/C26H27NO7/c1-4-31-25(28)20-14-27(13-18-7-6-8-22-24(18)34-16-33-22)15-21(26(29)32-5-2)23(20)17-9-11-19(30-3)12-10-17/h6-12,14-15,23H,4-5,13,16H2,1-3H3. The minimum Gasteiger partial charge on any atom is -0.497 e. The van der Waals surface area contributed by atoms with Gasteiger partial charge in [-0.2, -0.15) is 0 Å². The van der Waals surface area contributed by atoms with Gasteiger partial charge in [-0.3, -0.25) is 0 Å². The fourth-order valence-electron chi connectivity index (χ4n) is 4.04. The van der Waals surface area contributed by atoms with E-state index in [9.17, 15) is 9.59 Å². The van der Waals surface area contributed by atoms with E-state index in [1.807, 2.05) is 30.3 Å². The number of methoxy groups -OCH3 is 1. The summed E-state index contributed by atoms with van der Waals surface area (Å²) >= 11 is 0. The van der Waals surface area contributed by atoms with Crippen molar-refractivity contribution in [1.29, 1.82) is 0 Å². The van der Waals surface area contributed by atoms with E-state index in [1.165, 1.54) is 0 Å². The number of para-hydroxylation sites is 1. The van der Waals surface area contributed by atoms with Crippen LogP contribution in [0.1, 0.15) is 30.9 Å². The van der Waals surface area contributed by atoms with Crippen LogP contribution in [-0.4, -0.2) is 44.0 Å². The van der Waals surface area contributed by atoms with Crippen molar-refractivity contribution in [2.24, 2.45) is 0 Å². The first-order chi connectivity index (χ1) is 16.5. The molecule has 8 heteroatoms. The molecule has 2 aliphatic heterocycles. The molecule has 178 valence electrons. The van der Waals surface area contributed by atoms with Crippen LogP contribution in [0.25, 0.3) is 0 Å². The van der Waals surface area contributed by atoms with Gasteiger partial charge in [0.15, 0.2) is 11.5 Å². The van der Waals surface area contributed by atoms with E-state index in [0.717, 1.165) is 11.1 Å². The molecule has 0 aliphatic carbocycles. The third-order valence-electron chi connectivity index (χ3n) is 5.53. The molecule has 0 amide bonds. The molecule has 0 N–H and O–H groups in total. The van der Waals surface area contributed by atoms with Gasteiger partial charge in [0, 0.05) is 18.0 Å². The molecule has 0 atom stereocenters. The van der Waals surface area contributed by atoms with Gasteiger partial charge in [-0.1, -0.05) is 24.3 Å². The fraction of sp³-hybridized carbons (Fsp3) is 0.308. The largest absolute Gasteiger partial charge is 0.497 e. The first-order valence-electron chi connectivity index (χ1n) is 11.1. The van der Waals surface area contributed by atoms with Crippen molar-refractivity contribution in [2.75, 3.05) is 27.1 Å². The van der Waals surface area contributed by atoms with Crippen LogP contribution in [-0.2, 0) is 25.6 Å². The number of hydrogen-bond acceptors (Lipinski definition) is 8. The van der Waals surface area contributed by atoms with Gasteiger partial charge in [-0.05, 0) is 37.6 Å². The van der Waals surface area contributed by atoms with Gasteiger partial charge in [0.05, 0.1) is 43.9 Å². The maximum absolute atomic E-state index is 13.1. The highest BCUT2D eigenvalue weighted by molar-refractivity contribution is 5.98. The highest BCUT2D eigenvalue weighted by atomic mass is 16.7. The van der Waals surface area contributed by atoms with E-state index in [1.54, 1.807) is 50.4 Å². The van der Waals surface area contributed by atoms with Crippen LogP contribution in [0.4, 0.5) is 0 Å². The van der Waals surface area contributed by atoms with Crippen molar-refractivity contribution in [3.8, 4) is 17.2 Å². The molecule has 2 aliphatic rings. The zero-order valence-corrected chi connectivity index (χ0v) is 19.4. The first-order valence-corrected chi connectivity index (χ1v) is 11.1. The number of benzene rings is 2. The zero-order chi connectivity index (χ0) is 24.1. The Morgan fingerprint density at radius 2 is 1.59 bits per heavy atom. The minimum absolute atomic E-state index is 0.153. The molecule has 2 heterocycles. The van der Waals surface area contributed by atoms with Crippen molar-refractivity contribution in [3.63, 3.8) is 0 Å². The summed E-state index contributed by atoms with van der Waals surface area (Å²) < 4.78 is 27.1. The molecule has 0 aromatic heterocycles. The Morgan fingerprint density at radius 1 is 0.941 bits per heavy atom. The molecule has 0 spiro atoms. The Morgan fingerprint density at radius 3 is 2.18 bits per heavy atom. The summed E-state index contributed by atoms with van der Waals surface area (Å²) in [6.45, 7) is 4.42. The molecule has 0 radical (unpaired) electrons. The molecule has 2 aromatic carbocycles. The molecule has 0 saturated carbocycles.